The Morgan fingerprint density at radius 1 is 1.28 bits per heavy atom. The maximum atomic E-state index is 11.6. The molecule has 1 aliphatic rings. The third kappa shape index (κ3) is 3.55. The van der Waals surface area contributed by atoms with E-state index in [9.17, 15) is 4.79 Å². The molecule has 0 unspecified atom stereocenters. The maximum absolute atomic E-state index is 11.6. The Balaban J connectivity index is 1.90. The second-order valence-electron chi connectivity index (χ2n) is 4.21. The molecule has 0 spiro atoms. The zero-order valence-electron chi connectivity index (χ0n) is 10.6. The second kappa shape index (κ2) is 6.52. The largest absolute Gasteiger partial charge is 0.462 e. The molecule has 1 aromatic rings. The van der Waals surface area contributed by atoms with Crippen LogP contribution in [0, 0.1) is 0 Å². The van der Waals surface area contributed by atoms with E-state index in [1.54, 1.807) is 12.1 Å². The first-order valence-corrected chi connectivity index (χ1v) is 6.29. The number of carbonyl (C=O) groups excluding carboxylic acids is 1. The summed E-state index contributed by atoms with van der Waals surface area (Å²) in [5.41, 5.74) is 1.68. The van der Waals surface area contributed by atoms with Crippen LogP contribution in [-0.2, 0) is 20.6 Å². The summed E-state index contributed by atoms with van der Waals surface area (Å²) in [6, 6.07) is 7.38. The Morgan fingerprint density at radius 2 is 1.94 bits per heavy atom. The first kappa shape index (κ1) is 13.1. The van der Waals surface area contributed by atoms with E-state index in [1.165, 1.54) is 0 Å². The fraction of sp³-hybridized carbons (Fsp3) is 0.500. The Hall–Kier alpha value is -1.39. The van der Waals surface area contributed by atoms with Gasteiger partial charge in [-0.05, 0) is 24.1 Å². The van der Waals surface area contributed by atoms with E-state index < -0.39 is 0 Å². The summed E-state index contributed by atoms with van der Waals surface area (Å²) in [6.45, 7) is 3.75. The Morgan fingerprint density at radius 3 is 2.56 bits per heavy atom. The molecule has 1 heterocycles. The quantitative estimate of drug-likeness (QED) is 0.751. The van der Waals surface area contributed by atoms with Crippen molar-refractivity contribution in [3.8, 4) is 0 Å². The average Bonchev–Trinajstić information content (AvgIpc) is 2.89. The van der Waals surface area contributed by atoms with E-state index in [0.29, 0.717) is 31.8 Å². The molecule has 0 radical (unpaired) electrons. The zero-order chi connectivity index (χ0) is 12.8. The van der Waals surface area contributed by atoms with Crippen LogP contribution in [-0.4, -0.2) is 32.1 Å². The third-order valence-electron chi connectivity index (χ3n) is 2.72. The molecule has 0 bridgehead atoms. The van der Waals surface area contributed by atoms with E-state index in [2.05, 4.69) is 0 Å². The van der Waals surface area contributed by atoms with Crippen LogP contribution < -0.4 is 0 Å². The van der Waals surface area contributed by atoms with Crippen molar-refractivity contribution in [2.45, 2.75) is 26.1 Å². The Bertz CT molecular complexity index is 379. The number of hydrogen-bond acceptors (Lipinski definition) is 4. The van der Waals surface area contributed by atoms with Gasteiger partial charge in [0.15, 0.2) is 6.29 Å². The number of carbonyl (C=O) groups is 1. The van der Waals surface area contributed by atoms with Gasteiger partial charge in [-0.1, -0.05) is 19.1 Å². The molecule has 98 valence electrons. The van der Waals surface area contributed by atoms with Crippen molar-refractivity contribution >= 4 is 5.97 Å². The van der Waals surface area contributed by atoms with Crippen LogP contribution in [0.5, 0.6) is 0 Å². The predicted octanol–water partition coefficient (Wildman–Crippen LogP) is 2.17. The number of hydrogen-bond donors (Lipinski definition) is 0. The molecule has 4 heteroatoms. The summed E-state index contributed by atoms with van der Waals surface area (Å²) < 4.78 is 15.8. The highest BCUT2D eigenvalue weighted by Crippen LogP contribution is 2.13. The highest BCUT2D eigenvalue weighted by Gasteiger charge is 2.16. The molecule has 1 aromatic carbocycles. The Labute approximate surface area is 107 Å². The lowest BCUT2D eigenvalue weighted by atomic mass is 10.1. The lowest BCUT2D eigenvalue weighted by Gasteiger charge is -2.09. The maximum Gasteiger partial charge on any atom is 0.338 e. The van der Waals surface area contributed by atoms with Gasteiger partial charge in [-0.3, -0.25) is 0 Å². The van der Waals surface area contributed by atoms with Crippen LogP contribution in [0.2, 0.25) is 0 Å². The summed E-state index contributed by atoms with van der Waals surface area (Å²) in [7, 11) is 0. The van der Waals surface area contributed by atoms with Crippen molar-refractivity contribution in [3.63, 3.8) is 0 Å². The standard InChI is InChI=1S/C14H18O4/c1-2-7-18-14(15)12-5-3-11(4-6-12)10-13-16-8-9-17-13/h3-6,13H,2,7-10H2,1H3. The minimum absolute atomic E-state index is 0.150. The smallest absolute Gasteiger partial charge is 0.338 e. The molecule has 18 heavy (non-hydrogen) atoms. The molecule has 0 N–H and O–H groups in total. The van der Waals surface area contributed by atoms with Gasteiger partial charge >= 0.3 is 5.97 Å². The number of rotatable bonds is 5. The van der Waals surface area contributed by atoms with Gasteiger partial charge in [-0.2, -0.15) is 0 Å². The van der Waals surface area contributed by atoms with Crippen LogP contribution in [0.4, 0.5) is 0 Å². The van der Waals surface area contributed by atoms with Gasteiger partial charge in [0.2, 0.25) is 0 Å². The van der Waals surface area contributed by atoms with Crippen molar-refractivity contribution < 1.29 is 19.0 Å². The van der Waals surface area contributed by atoms with Crippen molar-refractivity contribution in [1.29, 1.82) is 0 Å². The van der Waals surface area contributed by atoms with Crippen molar-refractivity contribution in [1.82, 2.24) is 0 Å². The fourth-order valence-corrected chi connectivity index (χ4v) is 1.77. The average molecular weight is 250 g/mol. The molecule has 4 nitrogen and oxygen atoms in total. The Kier molecular flexibility index (Phi) is 4.73. The van der Waals surface area contributed by atoms with Gasteiger partial charge in [-0.25, -0.2) is 4.79 Å². The summed E-state index contributed by atoms with van der Waals surface area (Å²) >= 11 is 0. The van der Waals surface area contributed by atoms with E-state index in [-0.39, 0.29) is 12.3 Å². The molecule has 0 aromatic heterocycles. The highest BCUT2D eigenvalue weighted by atomic mass is 16.7. The van der Waals surface area contributed by atoms with Crippen molar-refractivity contribution in [2.24, 2.45) is 0 Å². The number of benzene rings is 1. The SMILES string of the molecule is CCCOC(=O)c1ccc(CC2OCCO2)cc1. The van der Waals surface area contributed by atoms with Gasteiger partial charge in [-0.15, -0.1) is 0 Å². The van der Waals surface area contributed by atoms with Gasteiger partial charge < -0.3 is 14.2 Å². The molecule has 0 amide bonds. The van der Waals surface area contributed by atoms with E-state index in [4.69, 9.17) is 14.2 Å². The minimum atomic E-state index is -0.267. The molecule has 1 fully saturated rings. The lowest BCUT2D eigenvalue weighted by molar-refractivity contribution is -0.0399. The van der Waals surface area contributed by atoms with Crippen LogP contribution in [0.25, 0.3) is 0 Å². The molecule has 0 atom stereocenters. The third-order valence-corrected chi connectivity index (χ3v) is 2.72. The molecule has 0 saturated carbocycles. The van der Waals surface area contributed by atoms with Gasteiger partial charge in [0.1, 0.15) is 0 Å². The normalized spacial score (nSPS) is 15.8. The van der Waals surface area contributed by atoms with Crippen molar-refractivity contribution in [3.05, 3.63) is 35.4 Å². The second-order valence-corrected chi connectivity index (χ2v) is 4.21. The van der Waals surface area contributed by atoms with Gasteiger partial charge in [0.05, 0.1) is 25.4 Å². The molecule has 1 aliphatic heterocycles. The zero-order valence-corrected chi connectivity index (χ0v) is 10.6. The van der Waals surface area contributed by atoms with Crippen LogP contribution in [0.1, 0.15) is 29.3 Å². The van der Waals surface area contributed by atoms with Gasteiger partial charge in [0, 0.05) is 6.42 Å². The van der Waals surface area contributed by atoms with Crippen LogP contribution in [0.3, 0.4) is 0 Å². The van der Waals surface area contributed by atoms with E-state index in [0.717, 1.165) is 12.0 Å². The van der Waals surface area contributed by atoms with Gasteiger partial charge in [0.25, 0.3) is 0 Å². The molecule has 0 aliphatic carbocycles. The number of ether oxygens (including phenoxy) is 3. The van der Waals surface area contributed by atoms with E-state index in [1.807, 2.05) is 19.1 Å². The highest BCUT2D eigenvalue weighted by molar-refractivity contribution is 5.89. The predicted molar refractivity (Wildman–Crippen MR) is 66.4 cm³/mol. The fourth-order valence-electron chi connectivity index (χ4n) is 1.77. The summed E-state index contributed by atoms with van der Waals surface area (Å²) in [6.07, 6.45) is 1.40. The first-order valence-electron chi connectivity index (χ1n) is 6.29. The minimum Gasteiger partial charge on any atom is -0.462 e. The van der Waals surface area contributed by atoms with Crippen LogP contribution >= 0.6 is 0 Å². The number of esters is 1. The van der Waals surface area contributed by atoms with Crippen molar-refractivity contribution in [2.75, 3.05) is 19.8 Å². The molecular formula is C14H18O4. The van der Waals surface area contributed by atoms with Crippen LogP contribution in [0.15, 0.2) is 24.3 Å². The van der Waals surface area contributed by atoms with E-state index >= 15 is 0 Å². The monoisotopic (exact) mass is 250 g/mol. The summed E-state index contributed by atoms with van der Waals surface area (Å²) in [4.78, 5) is 11.6. The topological polar surface area (TPSA) is 44.8 Å². The summed E-state index contributed by atoms with van der Waals surface area (Å²) in [5.74, 6) is -0.267. The molecular weight excluding hydrogens is 232 g/mol. The summed E-state index contributed by atoms with van der Waals surface area (Å²) in [5, 5.41) is 0. The molecule has 1 saturated heterocycles. The molecule has 2 rings (SSSR count). The lowest BCUT2D eigenvalue weighted by Crippen LogP contribution is -2.11. The first-order chi connectivity index (χ1) is 8.79.